The minimum Gasteiger partial charge on any atom is -0.427 e. The zero-order chi connectivity index (χ0) is 45.9. The molecule has 62 heavy (non-hydrogen) atoms. The summed E-state index contributed by atoms with van der Waals surface area (Å²) < 4.78 is 20.3. The second-order valence-electron chi connectivity index (χ2n) is 15.3. The van der Waals surface area contributed by atoms with Crippen LogP contribution in [0, 0.1) is 5.92 Å². The van der Waals surface area contributed by atoms with Crippen LogP contribution in [0.25, 0.3) is 0 Å². The van der Waals surface area contributed by atoms with E-state index in [4.69, 9.17) is 42.1 Å². The molecule has 0 saturated carbocycles. The van der Waals surface area contributed by atoms with E-state index in [1.54, 1.807) is 77.9 Å². The summed E-state index contributed by atoms with van der Waals surface area (Å²) in [5, 5.41) is 3.33. The number of carbonyl (C=O) groups is 8. The van der Waals surface area contributed by atoms with Gasteiger partial charge in [0.05, 0.1) is 11.1 Å². The number of nitrogens with zero attached hydrogens (tertiary/aromatic N) is 4. The first kappa shape index (κ1) is 47.9. The van der Waals surface area contributed by atoms with E-state index < -0.39 is 78.3 Å². The highest BCUT2D eigenvalue weighted by Gasteiger charge is 2.43. The van der Waals surface area contributed by atoms with Crippen LogP contribution in [-0.2, 0) is 28.5 Å². The molecule has 0 fully saturated rings. The van der Waals surface area contributed by atoms with Gasteiger partial charge in [-0.15, -0.1) is 10.0 Å². The summed E-state index contributed by atoms with van der Waals surface area (Å²) in [6.45, 7) is 8.31. The number of carbonyl (C=O) groups excluding carboxylic acids is 8. The quantitative estimate of drug-likeness (QED) is 0.0644. The van der Waals surface area contributed by atoms with Crippen LogP contribution in [0.2, 0.25) is 10.0 Å². The minimum atomic E-state index is -1.69. The normalized spacial score (nSPS) is 11.1. The van der Waals surface area contributed by atoms with Crippen LogP contribution >= 0.6 is 23.2 Å². The number of hydrogen-bond donors (Lipinski definition) is 0. The van der Waals surface area contributed by atoms with Gasteiger partial charge in [-0.1, -0.05) is 59.6 Å². The van der Waals surface area contributed by atoms with E-state index in [-0.39, 0.29) is 22.3 Å². The SMILES string of the molecule is CC(C(=O)OCOC(=O)N(C(=O)c1ccc(Cl)cc1)N(C(=O)c1ccccc1)C(C)(C)C)C(=O)OCOC(=O)N(C(=O)c1ccc(Cl)cc1)N(C(=O)c1ccccc1)C(C)(C)C. The summed E-state index contributed by atoms with van der Waals surface area (Å²) in [5.74, 6) is -7.65. The number of amides is 6. The zero-order valence-corrected chi connectivity index (χ0v) is 36.3. The lowest BCUT2D eigenvalue weighted by Crippen LogP contribution is -2.60. The molecule has 0 spiro atoms. The molecule has 6 amide bonds. The Hall–Kier alpha value is -6.78. The molecule has 0 aromatic heterocycles. The average Bonchev–Trinajstić information content (AvgIpc) is 3.23. The Morgan fingerprint density at radius 3 is 1.03 bits per heavy atom. The third-order valence-electron chi connectivity index (χ3n) is 8.48. The highest BCUT2D eigenvalue weighted by Crippen LogP contribution is 2.26. The van der Waals surface area contributed by atoms with Crippen LogP contribution in [-0.4, -0.2) is 92.5 Å². The van der Waals surface area contributed by atoms with Crippen molar-refractivity contribution in [3.05, 3.63) is 141 Å². The predicted molar refractivity (Wildman–Crippen MR) is 224 cm³/mol. The van der Waals surface area contributed by atoms with Gasteiger partial charge in [-0.25, -0.2) is 19.6 Å². The van der Waals surface area contributed by atoms with Crippen LogP contribution in [0.1, 0.15) is 89.9 Å². The standard InChI is InChI=1S/C44H44Cl2N4O12/c1-28(39(55)59-26-61-41(57)47(35(51)31-18-22-33(45)23-19-31)49(43(2,3)4)37(53)29-14-10-8-11-15-29)40(56)60-27-62-42(58)48(36(52)32-20-24-34(46)25-21-32)50(44(5,6)7)38(54)30-16-12-9-13-17-30/h8-25,28H,26-27H2,1-7H3. The van der Waals surface area contributed by atoms with Gasteiger partial charge in [-0.3, -0.25) is 28.8 Å². The minimum absolute atomic E-state index is 0.0399. The Morgan fingerprint density at radius 2 is 0.742 bits per heavy atom. The molecular formula is C44H44Cl2N4O12. The molecule has 4 aromatic carbocycles. The van der Waals surface area contributed by atoms with Crippen molar-refractivity contribution in [2.45, 2.75) is 59.5 Å². The van der Waals surface area contributed by atoms with Gasteiger partial charge in [0.1, 0.15) is 0 Å². The van der Waals surface area contributed by atoms with Gasteiger partial charge >= 0.3 is 24.1 Å². The maximum Gasteiger partial charge on any atom is 0.439 e. The zero-order valence-electron chi connectivity index (χ0n) is 34.8. The Bertz CT molecular complexity index is 2120. The van der Waals surface area contributed by atoms with Gasteiger partial charge in [0, 0.05) is 32.3 Å². The van der Waals surface area contributed by atoms with Crippen molar-refractivity contribution in [2.24, 2.45) is 5.92 Å². The monoisotopic (exact) mass is 890 g/mol. The first-order valence-corrected chi connectivity index (χ1v) is 19.5. The van der Waals surface area contributed by atoms with Gasteiger partial charge < -0.3 is 18.9 Å². The second-order valence-corrected chi connectivity index (χ2v) is 16.1. The molecule has 0 bridgehead atoms. The highest BCUT2D eigenvalue weighted by atomic mass is 35.5. The number of esters is 2. The van der Waals surface area contributed by atoms with Crippen LogP contribution < -0.4 is 0 Å². The maximum absolute atomic E-state index is 13.9. The molecule has 16 nitrogen and oxygen atoms in total. The van der Waals surface area contributed by atoms with Crippen molar-refractivity contribution < 1.29 is 57.3 Å². The summed E-state index contributed by atoms with van der Waals surface area (Å²) in [6, 6.07) is 26.7. The van der Waals surface area contributed by atoms with Crippen molar-refractivity contribution >= 4 is 71.0 Å². The fraction of sp³-hybridized carbons (Fsp3) is 0.273. The van der Waals surface area contributed by atoms with Crippen molar-refractivity contribution in [1.82, 2.24) is 20.0 Å². The fourth-order valence-corrected chi connectivity index (χ4v) is 5.73. The number of benzene rings is 4. The van der Waals surface area contributed by atoms with Gasteiger partial charge in [-0.05, 0) is 121 Å². The molecule has 0 aliphatic carbocycles. The van der Waals surface area contributed by atoms with E-state index in [0.29, 0.717) is 20.1 Å². The van der Waals surface area contributed by atoms with Gasteiger partial charge in [0.2, 0.25) is 13.6 Å². The molecule has 0 unspecified atom stereocenters. The molecule has 0 saturated heterocycles. The number of hydrogen-bond acceptors (Lipinski definition) is 12. The van der Waals surface area contributed by atoms with Crippen LogP contribution in [0.15, 0.2) is 109 Å². The number of imide groups is 2. The van der Waals surface area contributed by atoms with Crippen LogP contribution in [0.5, 0.6) is 0 Å². The van der Waals surface area contributed by atoms with E-state index in [2.05, 4.69) is 0 Å². The molecule has 0 heterocycles. The Kier molecular flexibility index (Phi) is 16.0. The average molecular weight is 892 g/mol. The predicted octanol–water partition coefficient (Wildman–Crippen LogP) is 8.20. The van der Waals surface area contributed by atoms with Crippen molar-refractivity contribution in [1.29, 1.82) is 0 Å². The van der Waals surface area contributed by atoms with E-state index in [1.807, 2.05) is 0 Å². The molecule has 0 radical (unpaired) electrons. The molecule has 0 aliphatic heterocycles. The van der Waals surface area contributed by atoms with E-state index in [9.17, 15) is 38.4 Å². The van der Waals surface area contributed by atoms with Gasteiger partial charge in [0.25, 0.3) is 23.6 Å². The maximum atomic E-state index is 13.9. The highest BCUT2D eigenvalue weighted by molar-refractivity contribution is 6.31. The Balaban J connectivity index is 1.46. The molecule has 0 N–H and O–H groups in total. The lowest BCUT2D eigenvalue weighted by atomic mass is 10.1. The first-order valence-electron chi connectivity index (χ1n) is 18.8. The van der Waals surface area contributed by atoms with E-state index in [0.717, 1.165) is 16.9 Å². The Morgan fingerprint density at radius 1 is 0.452 bits per heavy atom. The summed E-state index contributed by atoms with van der Waals surface area (Å²) in [4.78, 5) is 108. The number of ether oxygens (including phenoxy) is 4. The summed E-state index contributed by atoms with van der Waals surface area (Å²) in [5.41, 5.74) is -2.20. The molecule has 0 aliphatic rings. The number of hydrazine groups is 2. The fourth-order valence-electron chi connectivity index (χ4n) is 5.48. The topological polar surface area (TPSA) is 186 Å². The van der Waals surface area contributed by atoms with Crippen molar-refractivity contribution in [2.75, 3.05) is 13.6 Å². The summed E-state index contributed by atoms with van der Waals surface area (Å²) >= 11 is 12.0. The molecule has 18 heteroatoms. The van der Waals surface area contributed by atoms with Crippen LogP contribution in [0.3, 0.4) is 0 Å². The van der Waals surface area contributed by atoms with Crippen molar-refractivity contribution in [3.63, 3.8) is 0 Å². The van der Waals surface area contributed by atoms with Crippen molar-refractivity contribution in [3.8, 4) is 0 Å². The third kappa shape index (κ3) is 12.2. The first-order chi connectivity index (χ1) is 29.1. The molecule has 326 valence electrons. The smallest absolute Gasteiger partial charge is 0.427 e. The third-order valence-corrected chi connectivity index (χ3v) is 8.99. The number of halogens is 2. The largest absolute Gasteiger partial charge is 0.439 e. The molecule has 4 rings (SSSR count). The Labute approximate surface area is 367 Å². The van der Waals surface area contributed by atoms with Gasteiger partial charge in [-0.2, -0.15) is 0 Å². The second kappa shape index (κ2) is 20.7. The number of rotatable bonds is 10. The summed E-state index contributed by atoms with van der Waals surface area (Å²) in [6.07, 6.45) is -2.82. The van der Waals surface area contributed by atoms with E-state index in [1.165, 1.54) is 72.8 Å². The molecular weight excluding hydrogens is 847 g/mol. The van der Waals surface area contributed by atoms with Gasteiger partial charge in [0.15, 0.2) is 5.92 Å². The molecule has 4 aromatic rings. The van der Waals surface area contributed by atoms with Crippen LogP contribution in [0.4, 0.5) is 9.59 Å². The van der Waals surface area contributed by atoms with E-state index >= 15 is 0 Å². The lowest BCUT2D eigenvalue weighted by Gasteiger charge is -2.41. The molecule has 0 atom stereocenters. The summed E-state index contributed by atoms with van der Waals surface area (Å²) in [7, 11) is 0. The lowest BCUT2D eigenvalue weighted by molar-refractivity contribution is -0.171.